The predicted octanol–water partition coefficient (Wildman–Crippen LogP) is 2.49. The van der Waals surface area contributed by atoms with Crippen molar-refractivity contribution in [1.29, 1.82) is 0 Å². The number of aliphatic imine (C=N–C) groups is 1. The Morgan fingerprint density at radius 1 is 1.20 bits per heavy atom. The third-order valence-corrected chi connectivity index (χ3v) is 3.22. The van der Waals surface area contributed by atoms with Crippen LogP contribution < -0.4 is 0 Å². The van der Waals surface area contributed by atoms with E-state index >= 15 is 0 Å². The van der Waals surface area contributed by atoms with Crippen molar-refractivity contribution in [3.05, 3.63) is 35.4 Å². The summed E-state index contributed by atoms with van der Waals surface area (Å²) in [6, 6.07) is 7.48. The number of benzene rings is 1. The van der Waals surface area contributed by atoms with E-state index in [2.05, 4.69) is 4.99 Å². The molecule has 1 aliphatic carbocycles. The molecular formula is C12H11F2N. The zero-order chi connectivity index (χ0) is 10.5. The third-order valence-electron chi connectivity index (χ3n) is 3.22. The first-order valence-electron chi connectivity index (χ1n) is 5.14. The molecule has 0 amide bonds. The van der Waals surface area contributed by atoms with Crippen molar-refractivity contribution in [2.45, 2.75) is 18.8 Å². The van der Waals surface area contributed by atoms with Crippen molar-refractivity contribution in [3.63, 3.8) is 0 Å². The molecule has 1 aromatic rings. The maximum absolute atomic E-state index is 13.8. The van der Waals surface area contributed by atoms with Gasteiger partial charge in [-0.1, -0.05) is 24.3 Å². The maximum atomic E-state index is 13.8. The minimum absolute atomic E-state index is 0.132. The topological polar surface area (TPSA) is 12.4 Å². The average Bonchev–Trinajstić information content (AvgIpc) is 2.99. The molecule has 0 aromatic heterocycles. The van der Waals surface area contributed by atoms with Crippen LogP contribution in [0.4, 0.5) is 8.78 Å². The molecular weight excluding hydrogens is 196 g/mol. The van der Waals surface area contributed by atoms with Crippen molar-refractivity contribution >= 4 is 5.71 Å². The number of hydrogen-bond acceptors (Lipinski definition) is 1. The summed E-state index contributed by atoms with van der Waals surface area (Å²) in [6.45, 7) is 0.544. The van der Waals surface area contributed by atoms with Crippen LogP contribution >= 0.6 is 0 Å². The maximum Gasteiger partial charge on any atom is 0.260 e. The lowest BCUT2D eigenvalue weighted by atomic mass is 9.79. The lowest BCUT2D eigenvalue weighted by Crippen LogP contribution is -2.39. The summed E-state index contributed by atoms with van der Waals surface area (Å²) >= 11 is 0. The van der Waals surface area contributed by atoms with Crippen molar-refractivity contribution < 1.29 is 8.78 Å². The van der Waals surface area contributed by atoms with Gasteiger partial charge in [-0.05, 0) is 17.5 Å². The highest BCUT2D eigenvalue weighted by Gasteiger charge is 2.47. The van der Waals surface area contributed by atoms with Gasteiger partial charge in [0.25, 0.3) is 5.92 Å². The molecule has 1 heterocycles. The van der Waals surface area contributed by atoms with Crippen LogP contribution in [0.3, 0.4) is 0 Å². The smallest absolute Gasteiger partial charge is 0.260 e. The van der Waals surface area contributed by atoms with Gasteiger partial charge < -0.3 is 0 Å². The fourth-order valence-electron chi connectivity index (χ4n) is 2.30. The first kappa shape index (κ1) is 9.01. The van der Waals surface area contributed by atoms with Crippen molar-refractivity contribution in [3.8, 4) is 0 Å². The van der Waals surface area contributed by atoms with Gasteiger partial charge in [-0.2, -0.15) is 0 Å². The number of fused-ring (bicyclic) bond motifs is 1. The summed E-state index contributed by atoms with van der Waals surface area (Å²) in [7, 11) is 0. The van der Waals surface area contributed by atoms with Crippen molar-refractivity contribution in [2.75, 3.05) is 6.54 Å². The van der Waals surface area contributed by atoms with Crippen LogP contribution in [0.15, 0.2) is 29.3 Å². The van der Waals surface area contributed by atoms with Gasteiger partial charge in [0.05, 0.1) is 12.5 Å². The van der Waals surface area contributed by atoms with Gasteiger partial charge >= 0.3 is 0 Å². The van der Waals surface area contributed by atoms with E-state index < -0.39 is 11.8 Å². The van der Waals surface area contributed by atoms with Crippen molar-refractivity contribution in [1.82, 2.24) is 0 Å². The van der Waals surface area contributed by atoms with Gasteiger partial charge in [0, 0.05) is 12.1 Å². The highest BCUT2D eigenvalue weighted by molar-refractivity contribution is 5.99. The quantitative estimate of drug-likeness (QED) is 0.671. The highest BCUT2D eigenvalue weighted by Crippen LogP contribution is 2.40. The normalized spacial score (nSPS) is 26.8. The first-order valence-corrected chi connectivity index (χ1v) is 5.14. The van der Waals surface area contributed by atoms with E-state index in [1.54, 1.807) is 6.07 Å². The van der Waals surface area contributed by atoms with Crippen LogP contribution in [0.25, 0.3) is 0 Å². The van der Waals surface area contributed by atoms with Crippen LogP contribution in [0.5, 0.6) is 0 Å². The minimum atomic E-state index is -2.61. The summed E-state index contributed by atoms with van der Waals surface area (Å²) in [5, 5.41) is 0. The Kier molecular flexibility index (Phi) is 1.73. The van der Waals surface area contributed by atoms with Gasteiger partial charge in [-0.15, -0.1) is 0 Å². The summed E-state index contributed by atoms with van der Waals surface area (Å²) in [5.41, 5.74) is 2.55. The van der Waals surface area contributed by atoms with E-state index in [4.69, 9.17) is 0 Å². The molecule has 0 spiro atoms. The summed E-state index contributed by atoms with van der Waals surface area (Å²) in [5.74, 6) is -3.25. The molecule has 0 N–H and O–H groups in total. The first-order chi connectivity index (χ1) is 7.17. The minimum Gasteiger partial charge on any atom is -0.286 e. The monoisotopic (exact) mass is 207 g/mol. The van der Waals surface area contributed by atoms with E-state index in [9.17, 15) is 8.78 Å². The Morgan fingerprint density at radius 3 is 2.53 bits per heavy atom. The van der Waals surface area contributed by atoms with Crippen LogP contribution in [-0.2, 0) is 12.8 Å². The largest absolute Gasteiger partial charge is 0.286 e. The van der Waals surface area contributed by atoms with Gasteiger partial charge in [-0.25, -0.2) is 8.78 Å². The predicted molar refractivity (Wildman–Crippen MR) is 54.6 cm³/mol. The Bertz CT molecular complexity index is 437. The van der Waals surface area contributed by atoms with Crippen molar-refractivity contribution in [2.24, 2.45) is 10.9 Å². The number of hydrogen-bond donors (Lipinski definition) is 0. The molecule has 3 heteroatoms. The second-order valence-electron chi connectivity index (χ2n) is 4.27. The highest BCUT2D eigenvalue weighted by atomic mass is 19.3. The van der Waals surface area contributed by atoms with Crippen LogP contribution in [0, 0.1) is 5.92 Å². The zero-order valence-electron chi connectivity index (χ0n) is 8.21. The Labute approximate surface area is 86.8 Å². The molecule has 3 rings (SSSR count). The molecule has 0 bridgehead atoms. The molecule has 15 heavy (non-hydrogen) atoms. The summed E-state index contributed by atoms with van der Waals surface area (Å²) < 4.78 is 27.5. The van der Waals surface area contributed by atoms with Gasteiger partial charge in [0.15, 0.2) is 0 Å². The SMILES string of the molecule is FC1(F)Cc2ccccc2CC1C1=NC1. The molecule has 0 saturated carbocycles. The van der Waals surface area contributed by atoms with E-state index in [1.165, 1.54) is 0 Å². The van der Waals surface area contributed by atoms with Crippen LogP contribution in [-0.4, -0.2) is 18.2 Å². The summed E-state index contributed by atoms with van der Waals surface area (Å²) in [4.78, 5) is 3.93. The third kappa shape index (κ3) is 1.46. The Balaban J connectivity index is 2.00. The number of halogens is 2. The number of nitrogens with zero attached hydrogens (tertiary/aromatic N) is 1. The average molecular weight is 207 g/mol. The molecule has 78 valence electrons. The van der Waals surface area contributed by atoms with E-state index in [1.807, 2.05) is 18.2 Å². The molecule has 2 aliphatic rings. The lowest BCUT2D eigenvalue weighted by molar-refractivity contribution is -0.0374. The molecule has 1 aliphatic heterocycles. The molecule has 0 fully saturated rings. The van der Waals surface area contributed by atoms with E-state index in [0.717, 1.165) is 11.1 Å². The molecule has 1 aromatic carbocycles. The van der Waals surface area contributed by atoms with E-state index in [0.29, 0.717) is 18.7 Å². The molecule has 1 nitrogen and oxygen atoms in total. The fourth-order valence-corrected chi connectivity index (χ4v) is 2.30. The van der Waals surface area contributed by atoms with Gasteiger partial charge in [-0.3, -0.25) is 4.99 Å². The second kappa shape index (κ2) is 2.87. The standard InChI is InChI=1S/C12H11F2N/c13-12(14)6-9-4-2-1-3-8(9)5-10(12)11-7-15-11/h1-4,10H,5-7H2. The molecule has 0 radical (unpaired) electrons. The molecule has 1 unspecified atom stereocenters. The zero-order valence-corrected chi connectivity index (χ0v) is 8.21. The lowest BCUT2D eigenvalue weighted by Gasteiger charge is -2.30. The van der Waals surface area contributed by atoms with Crippen LogP contribution in [0.2, 0.25) is 0 Å². The van der Waals surface area contributed by atoms with Gasteiger partial charge in [0.1, 0.15) is 0 Å². The second-order valence-corrected chi connectivity index (χ2v) is 4.27. The Morgan fingerprint density at radius 2 is 1.87 bits per heavy atom. The number of rotatable bonds is 1. The molecule has 0 saturated heterocycles. The number of alkyl halides is 2. The van der Waals surface area contributed by atoms with Crippen LogP contribution in [0.1, 0.15) is 11.1 Å². The van der Waals surface area contributed by atoms with E-state index in [-0.39, 0.29) is 6.42 Å². The Hall–Kier alpha value is -1.25. The fraction of sp³-hybridized carbons (Fsp3) is 0.417. The van der Waals surface area contributed by atoms with Gasteiger partial charge in [0.2, 0.25) is 0 Å². The summed E-state index contributed by atoms with van der Waals surface area (Å²) in [6.07, 6.45) is 0.314. The molecule has 1 atom stereocenters.